The van der Waals surface area contributed by atoms with Crippen LogP contribution < -0.4 is 0 Å². The summed E-state index contributed by atoms with van der Waals surface area (Å²) in [4.78, 5) is 23.7. The quantitative estimate of drug-likeness (QED) is 0.365. The van der Waals surface area contributed by atoms with Crippen molar-refractivity contribution in [3.8, 4) is 0 Å². The highest BCUT2D eigenvalue weighted by Gasteiger charge is 2.71. The van der Waals surface area contributed by atoms with Crippen molar-refractivity contribution in [3.05, 3.63) is 11.6 Å². The minimum Gasteiger partial charge on any atom is -0.462 e. The fourth-order valence-corrected chi connectivity index (χ4v) is 7.76. The molecule has 6 heteroatoms. The topological polar surface area (TPSA) is 72.8 Å². The molecule has 0 amide bonds. The Hall–Kier alpha value is -0.880. The number of aliphatic hydroxyl groups is 1. The number of halogens is 1. The number of hydrogen-bond acceptors (Lipinski definition) is 5. The fraction of sp³-hybridized carbons (Fsp3) is 0.833. The maximum Gasteiger partial charge on any atom is 0.302 e. The van der Waals surface area contributed by atoms with Gasteiger partial charge in [0.2, 0.25) is 0 Å². The van der Waals surface area contributed by atoms with Crippen LogP contribution in [0.1, 0.15) is 66.7 Å². The van der Waals surface area contributed by atoms with Gasteiger partial charge in [-0.15, -0.1) is 0 Å². The van der Waals surface area contributed by atoms with E-state index >= 15 is 0 Å². The molecule has 0 radical (unpaired) electrons. The van der Waals surface area contributed by atoms with Crippen LogP contribution in [0.5, 0.6) is 0 Å². The average molecular weight is 483 g/mol. The summed E-state index contributed by atoms with van der Waals surface area (Å²) in [5, 5.41) is 9.79. The average Bonchev–Trinajstić information content (AvgIpc) is 3.35. The first kappa shape index (κ1) is 22.3. The predicted octanol–water partition coefficient (Wildman–Crippen LogP) is 4.40. The molecule has 4 aliphatic rings. The molecular formula is C24H35BrO5. The molecule has 1 N–H and O–H groups in total. The molecule has 9 atom stereocenters. The standard InChI is InChI=1S/C24H35BrO5/c1-13(27)29-18-8-20-23(4)10-17(23)19(30-14(2)28)11-24(20,5)16-6-7-22(3,9-15(16)18)21(25)12-26/h6,15,17-21,26H,7-12H2,1-5H3. The number of carbonyl (C=O) groups is 2. The number of aliphatic hydroxyl groups excluding tert-OH is 1. The lowest BCUT2D eigenvalue weighted by Crippen LogP contribution is -2.55. The van der Waals surface area contributed by atoms with Crippen molar-refractivity contribution in [2.75, 3.05) is 6.61 Å². The zero-order valence-electron chi connectivity index (χ0n) is 18.7. The zero-order chi connectivity index (χ0) is 22.1. The second-order valence-electron chi connectivity index (χ2n) is 11.0. The third kappa shape index (κ3) is 3.37. The Morgan fingerprint density at radius 1 is 1.13 bits per heavy atom. The molecule has 4 aliphatic carbocycles. The van der Waals surface area contributed by atoms with E-state index in [1.165, 1.54) is 19.4 Å². The van der Waals surface area contributed by atoms with Gasteiger partial charge in [-0.1, -0.05) is 48.4 Å². The van der Waals surface area contributed by atoms with Gasteiger partial charge in [0.25, 0.3) is 0 Å². The number of esters is 2. The Balaban J connectivity index is 1.73. The van der Waals surface area contributed by atoms with Crippen molar-refractivity contribution in [3.63, 3.8) is 0 Å². The largest absolute Gasteiger partial charge is 0.462 e. The normalized spacial score (nSPS) is 47.7. The molecule has 0 aromatic rings. The van der Waals surface area contributed by atoms with Gasteiger partial charge in [-0.05, 0) is 54.3 Å². The van der Waals surface area contributed by atoms with Crippen LogP contribution in [0, 0.1) is 34.0 Å². The minimum atomic E-state index is -0.223. The Kier molecular flexibility index (Phi) is 5.45. The van der Waals surface area contributed by atoms with Crippen LogP contribution in [0.2, 0.25) is 0 Å². The third-order valence-corrected chi connectivity index (χ3v) is 10.4. The summed E-state index contributed by atoms with van der Waals surface area (Å²) in [6.45, 7) is 9.96. The number of hydrogen-bond donors (Lipinski definition) is 1. The molecule has 0 aromatic carbocycles. The molecule has 4 rings (SSSR count). The SMILES string of the molecule is CC(=O)OC1CC2C(C)(CC(OC(C)=O)C3CC32C)C2=CCC(C)(C(Br)CO)CC21. The van der Waals surface area contributed by atoms with Crippen LogP contribution in [0.4, 0.5) is 0 Å². The van der Waals surface area contributed by atoms with E-state index in [4.69, 9.17) is 9.47 Å². The van der Waals surface area contributed by atoms with E-state index in [1.807, 2.05) is 0 Å². The van der Waals surface area contributed by atoms with Gasteiger partial charge in [0, 0.05) is 30.5 Å². The van der Waals surface area contributed by atoms with E-state index in [-0.39, 0.29) is 57.7 Å². The zero-order valence-corrected chi connectivity index (χ0v) is 20.3. The Morgan fingerprint density at radius 2 is 1.77 bits per heavy atom. The Bertz CT molecular complexity index is 780. The van der Waals surface area contributed by atoms with Crippen molar-refractivity contribution >= 4 is 27.9 Å². The summed E-state index contributed by atoms with van der Waals surface area (Å²) in [7, 11) is 0. The molecule has 3 saturated carbocycles. The smallest absolute Gasteiger partial charge is 0.302 e. The minimum absolute atomic E-state index is 0.00297. The van der Waals surface area contributed by atoms with Gasteiger partial charge in [0.05, 0.1) is 6.61 Å². The van der Waals surface area contributed by atoms with Crippen molar-refractivity contribution in [1.82, 2.24) is 0 Å². The third-order valence-electron chi connectivity index (χ3n) is 8.99. The van der Waals surface area contributed by atoms with Gasteiger partial charge in [-0.25, -0.2) is 0 Å². The predicted molar refractivity (Wildman–Crippen MR) is 117 cm³/mol. The molecule has 0 bridgehead atoms. The second kappa shape index (κ2) is 7.33. The molecule has 30 heavy (non-hydrogen) atoms. The van der Waals surface area contributed by atoms with E-state index < -0.39 is 0 Å². The summed E-state index contributed by atoms with van der Waals surface area (Å²) >= 11 is 3.68. The van der Waals surface area contributed by atoms with Crippen LogP contribution in [-0.4, -0.2) is 40.7 Å². The molecular weight excluding hydrogens is 448 g/mol. The maximum absolute atomic E-state index is 12.0. The molecule has 0 heterocycles. The molecule has 168 valence electrons. The van der Waals surface area contributed by atoms with Gasteiger partial charge in [-0.3, -0.25) is 9.59 Å². The maximum atomic E-state index is 12.0. The van der Waals surface area contributed by atoms with Crippen LogP contribution >= 0.6 is 15.9 Å². The van der Waals surface area contributed by atoms with E-state index in [2.05, 4.69) is 42.8 Å². The summed E-state index contributed by atoms with van der Waals surface area (Å²) in [6.07, 6.45) is 6.72. The lowest BCUT2D eigenvalue weighted by molar-refractivity contribution is -0.164. The molecule has 9 unspecified atom stereocenters. The Labute approximate surface area is 188 Å². The summed E-state index contributed by atoms with van der Waals surface area (Å²) in [6, 6.07) is 0. The Morgan fingerprint density at radius 3 is 2.37 bits per heavy atom. The van der Waals surface area contributed by atoms with Crippen LogP contribution in [0.3, 0.4) is 0 Å². The van der Waals surface area contributed by atoms with Gasteiger partial charge in [0.15, 0.2) is 0 Å². The number of alkyl halides is 1. The first-order valence-corrected chi connectivity index (χ1v) is 12.2. The van der Waals surface area contributed by atoms with Gasteiger partial charge in [0.1, 0.15) is 12.2 Å². The number of carbonyl (C=O) groups excluding carboxylic acids is 2. The van der Waals surface area contributed by atoms with Gasteiger partial charge >= 0.3 is 11.9 Å². The first-order valence-electron chi connectivity index (χ1n) is 11.2. The molecule has 0 aromatic heterocycles. The number of rotatable bonds is 4. The highest BCUT2D eigenvalue weighted by atomic mass is 79.9. The lowest BCUT2D eigenvalue weighted by Gasteiger charge is -2.58. The summed E-state index contributed by atoms with van der Waals surface area (Å²) < 4.78 is 11.7. The monoisotopic (exact) mass is 482 g/mol. The van der Waals surface area contributed by atoms with Crippen LogP contribution in [-0.2, 0) is 19.1 Å². The highest BCUT2D eigenvalue weighted by molar-refractivity contribution is 9.09. The van der Waals surface area contributed by atoms with Crippen LogP contribution in [0.25, 0.3) is 0 Å². The molecule has 0 aliphatic heterocycles. The number of ether oxygens (including phenoxy) is 2. The molecule has 0 saturated heterocycles. The molecule has 3 fully saturated rings. The summed E-state index contributed by atoms with van der Waals surface area (Å²) in [5.41, 5.74) is 1.34. The van der Waals surface area contributed by atoms with Crippen molar-refractivity contribution in [2.45, 2.75) is 83.8 Å². The van der Waals surface area contributed by atoms with E-state index in [1.54, 1.807) is 0 Å². The molecule has 0 spiro atoms. The van der Waals surface area contributed by atoms with Crippen molar-refractivity contribution in [1.29, 1.82) is 0 Å². The van der Waals surface area contributed by atoms with E-state index in [0.717, 1.165) is 32.1 Å². The second-order valence-corrected chi connectivity index (χ2v) is 12.1. The van der Waals surface area contributed by atoms with Crippen LogP contribution in [0.15, 0.2) is 11.6 Å². The fourth-order valence-electron chi connectivity index (χ4n) is 7.38. The van der Waals surface area contributed by atoms with Crippen molar-refractivity contribution in [2.24, 2.45) is 34.0 Å². The highest BCUT2D eigenvalue weighted by Crippen LogP contribution is 2.74. The number of allylic oxidation sites excluding steroid dienone is 1. The first-order chi connectivity index (χ1) is 13.9. The summed E-state index contributed by atoms with van der Waals surface area (Å²) in [5.74, 6) is 0.536. The van der Waals surface area contributed by atoms with Gasteiger partial charge in [-0.2, -0.15) is 0 Å². The molecule has 5 nitrogen and oxygen atoms in total. The van der Waals surface area contributed by atoms with Crippen molar-refractivity contribution < 1.29 is 24.2 Å². The van der Waals surface area contributed by atoms with E-state index in [0.29, 0.717) is 11.8 Å². The van der Waals surface area contributed by atoms with Gasteiger partial charge < -0.3 is 14.6 Å². The van der Waals surface area contributed by atoms with E-state index in [9.17, 15) is 14.7 Å². The number of fused-ring (bicyclic) bond motifs is 5. The lowest BCUT2D eigenvalue weighted by atomic mass is 9.48.